The van der Waals surface area contributed by atoms with Crippen LogP contribution in [0.15, 0.2) is 35.1 Å². The van der Waals surface area contributed by atoms with E-state index in [-0.39, 0.29) is 0 Å². The summed E-state index contributed by atoms with van der Waals surface area (Å²) in [5.74, 6) is 0.967. The zero-order valence-corrected chi connectivity index (χ0v) is 14.1. The van der Waals surface area contributed by atoms with E-state index in [1.807, 2.05) is 6.92 Å². The van der Waals surface area contributed by atoms with E-state index in [9.17, 15) is 0 Å². The molecule has 1 aromatic carbocycles. The number of hydrogen-bond acceptors (Lipinski definition) is 4. The lowest BCUT2D eigenvalue weighted by Crippen LogP contribution is -2.14. The largest absolute Gasteiger partial charge is 0.469 e. The van der Waals surface area contributed by atoms with Gasteiger partial charge in [-0.3, -0.25) is 0 Å². The van der Waals surface area contributed by atoms with Gasteiger partial charge in [-0.2, -0.15) is 15.0 Å². The van der Waals surface area contributed by atoms with Gasteiger partial charge in [-0.05, 0) is 56.5 Å². The van der Waals surface area contributed by atoms with Gasteiger partial charge >= 0.3 is 0 Å². The Bertz CT molecular complexity index is 777. The van der Waals surface area contributed by atoms with Crippen LogP contribution in [0.4, 0.5) is 0 Å². The van der Waals surface area contributed by atoms with E-state index in [1.54, 1.807) is 17.3 Å². The van der Waals surface area contributed by atoms with Crippen LogP contribution in [0.5, 0.6) is 0 Å². The molecule has 0 aliphatic heterocycles. The van der Waals surface area contributed by atoms with Crippen molar-refractivity contribution in [2.75, 3.05) is 0 Å². The Kier molecular flexibility index (Phi) is 4.30. The maximum absolute atomic E-state index is 5.41. The number of aromatic nitrogens is 3. The summed E-state index contributed by atoms with van der Waals surface area (Å²) < 4.78 is 5.41. The second kappa shape index (κ2) is 6.38. The topological polar surface area (TPSA) is 55.9 Å². The summed E-state index contributed by atoms with van der Waals surface area (Å²) >= 11 is 0. The van der Waals surface area contributed by atoms with Gasteiger partial charge in [0.25, 0.3) is 0 Å². The number of furan rings is 1. The quantitative estimate of drug-likeness (QED) is 0.785. The van der Waals surface area contributed by atoms with Gasteiger partial charge in [0.2, 0.25) is 0 Å². The maximum atomic E-state index is 5.41. The van der Waals surface area contributed by atoms with Crippen LogP contribution in [0, 0.1) is 27.7 Å². The van der Waals surface area contributed by atoms with Crippen molar-refractivity contribution in [3.05, 3.63) is 64.4 Å². The minimum Gasteiger partial charge on any atom is -0.469 e. The Hall–Kier alpha value is -2.40. The zero-order chi connectivity index (χ0) is 16.4. The number of hydrogen-bond donors (Lipinski definition) is 1. The van der Waals surface area contributed by atoms with Gasteiger partial charge in [-0.15, -0.1) is 0 Å². The lowest BCUT2D eigenvalue weighted by Gasteiger charge is -2.04. The van der Waals surface area contributed by atoms with E-state index in [2.05, 4.69) is 54.5 Å². The normalized spacial score (nSPS) is 11.1. The molecule has 0 bridgehead atoms. The summed E-state index contributed by atoms with van der Waals surface area (Å²) in [6.45, 7) is 9.65. The minimum atomic E-state index is 0.675. The molecule has 1 N–H and O–H groups in total. The number of nitrogens with one attached hydrogen (secondary N) is 1. The molecule has 0 saturated carbocycles. The smallest absolute Gasteiger partial charge is 0.105 e. The van der Waals surface area contributed by atoms with E-state index < -0.39 is 0 Å². The van der Waals surface area contributed by atoms with Gasteiger partial charge in [0, 0.05) is 18.7 Å². The molecule has 5 nitrogen and oxygen atoms in total. The van der Waals surface area contributed by atoms with Crippen LogP contribution < -0.4 is 5.32 Å². The summed E-state index contributed by atoms with van der Waals surface area (Å²) in [6, 6.07) is 6.32. The first-order valence-electron chi connectivity index (χ1n) is 7.77. The van der Waals surface area contributed by atoms with Crippen molar-refractivity contribution in [1.29, 1.82) is 0 Å². The highest BCUT2D eigenvalue weighted by atomic mass is 16.3. The highest BCUT2D eigenvalue weighted by Gasteiger charge is 2.08. The van der Waals surface area contributed by atoms with Crippen molar-refractivity contribution in [1.82, 2.24) is 20.3 Å². The predicted octanol–water partition coefficient (Wildman–Crippen LogP) is 3.38. The minimum absolute atomic E-state index is 0.675. The Labute approximate surface area is 136 Å². The average molecular weight is 310 g/mol. The van der Waals surface area contributed by atoms with Crippen LogP contribution in [0.1, 0.15) is 33.7 Å². The number of aryl methyl sites for hydroxylation is 4. The molecule has 0 fully saturated rings. The Balaban J connectivity index is 1.65. The second-order valence-corrected chi connectivity index (χ2v) is 6.03. The molecule has 120 valence electrons. The zero-order valence-electron chi connectivity index (χ0n) is 14.1. The summed E-state index contributed by atoms with van der Waals surface area (Å²) in [5.41, 5.74) is 6.73. The molecule has 0 radical (unpaired) electrons. The predicted molar refractivity (Wildman–Crippen MR) is 89.6 cm³/mol. The number of nitrogens with zero attached hydrogens (tertiary/aromatic N) is 3. The van der Waals surface area contributed by atoms with Gasteiger partial charge in [0.05, 0.1) is 23.8 Å². The molecule has 0 unspecified atom stereocenters. The van der Waals surface area contributed by atoms with Crippen molar-refractivity contribution in [2.45, 2.75) is 40.8 Å². The highest BCUT2D eigenvalue weighted by Crippen LogP contribution is 2.15. The Morgan fingerprint density at radius 2 is 1.78 bits per heavy atom. The summed E-state index contributed by atoms with van der Waals surface area (Å²) in [5, 5.41) is 12.3. The van der Waals surface area contributed by atoms with Gasteiger partial charge in [-0.1, -0.05) is 6.07 Å². The standard InChI is InChI=1S/C18H22N4O/c1-12-5-13(2)7-17(6-12)22-20-9-16(21-22)8-19-10-18-14(3)11-23-15(18)4/h5-7,9,11,19H,8,10H2,1-4H3. The highest BCUT2D eigenvalue weighted by molar-refractivity contribution is 5.37. The monoisotopic (exact) mass is 310 g/mol. The molecule has 3 rings (SSSR count). The molecule has 3 aromatic rings. The van der Waals surface area contributed by atoms with Crippen LogP contribution in [0.25, 0.3) is 5.69 Å². The number of benzene rings is 1. The molecule has 0 amide bonds. The summed E-state index contributed by atoms with van der Waals surface area (Å²) in [7, 11) is 0. The van der Waals surface area contributed by atoms with Crippen molar-refractivity contribution >= 4 is 0 Å². The third-order valence-corrected chi connectivity index (χ3v) is 3.90. The summed E-state index contributed by atoms with van der Waals surface area (Å²) in [6.07, 6.45) is 3.60. The van der Waals surface area contributed by atoms with Crippen LogP contribution >= 0.6 is 0 Å². The third kappa shape index (κ3) is 3.51. The van der Waals surface area contributed by atoms with E-state index in [0.29, 0.717) is 6.54 Å². The molecule has 0 atom stereocenters. The van der Waals surface area contributed by atoms with E-state index in [4.69, 9.17) is 4.42 Å². The molecule has 2 heterocycles. The molecular formula is C18H22N4O. The van der Waals surface area contributed by atoms with Crippen molar-refractivity contribution in [3.8, 4) is 5.69 Å². The average Bonchev–Trinajstić information content (AvgIpc) is 3.08. The molecule has 0 aliphatic rings. The fraction of sp³-hybridized carbons (Fsp3) is 0.333. The first-order valence-corrected chi connectivity index (χ1v) is 7.77. The maximum Gasteiger partial charge on any atom is 0.105 e. The Morgan fingerprint density at radius 1 is 1.04 bits per heavy atom. The lowest BCUT2D eigenvalue weighted by atomic mass is 10.1. The fourth-order valence-corrected chi connectivity index (χ4v) is 2.74. The molecule has 0 saturated heterocycles. The molecule has 23 heavy (non-hydrogen) atoms. The number of rotatable bonds is 5. The molecule has 0 aliphatic carbocycles. The van der Waals surface area contributed by atoms with Gasteiger partial charge in [-0.25, -0.2) is 0 Å². The van der Waals surface area contributed by atoms with Crippen molar-refractivity contribution in [3.63, 3.8) is 0 Å². The van der Waals surface area contributed by atoms with Gasteiger partial charge < -0.3 is 9.73 Å². The molecule has 5 heteroatoms. The van der Waals surface area contributed by atoms with E-state index >= 15 is 0 Å². The van der Waals surface area contributed by atoms with E-state index in [0.717, 1.165) is 23.7 Å². The molecular weight excluding hydrogens is 288 g/mol. The van der Waals surface area contributed by atoms with Gasteiger partial charge in [0.1, 0.15) is 5.76 Å². The van der Waals surface area contributed by atoms with Crippen LogP contribution in [-0.2, 0) is 13.1 Å². The van der Waals surface area contributed by atoms with Crippen LogP contribution in [-0.4, -0.2) is 15.0 Å². The van der Waals surface area contributed by atoms with Crippen LogP contribution in [0.3, 0.4) is 0 Å². The molecule has 2 aromatic heterocycles. The van der Waals surface area contributed by atoms with Gasteiger partial charge in [0.15, 0.2) is 0 Å². The van der Waals surface area contributed by atoms with Crippen LogP contribution in [0.2, 0.25) is 0 Å². The summed E-state index contributed by atoms with van der Waals surface area (Å²) in [4.78, 5) is 1.69. The fourth-order valence-electron chi connectivity index (χ4n) is 2.74. The first kappa shape index (κ1) is 15.5. The first-order chi connectivity index (χ1) is 11.0. The lowest BCUT2D eigenvalue weighted by molar-refractivity contribution is 0.525. The second-order valence-electron chi connectivity index (χ2n) is 6.03. The SMILES string of the molecule is Cc1cc(C)cc(-n2ncc(CNCc3c(C)coc3C)n2)c1. The van der Waals surface area contributed by atoms with E-state index in [1.165, 1.54) is 22.3 Å². The third-order valence-electron chi connectivity index (χ3n) is 3.90. The Morgan fingerprint density at radius 3 is 2.43 bits per heavy atom. The van der Waals surface area contributed by atoms with Crippen molar-refractivity contribution < 1.29 is 4.42 Å². The molecule has 0 spiro atoms. The van der Waals surface area contributed by atoms with Crippen molar-refractivity contribution in [2.24, 2.45) is 0 Å².